The summed E-state index contributed by atoms with van der Waals surface area (Å²) in [6, 6.07) is 8.08. The summed E-state index contributed by atoms with van der Waals surface area (Å²) in [5.41, 5.74) is 8.91. The molecule has 112 valence electrons. The Labute approximate surface area is 125 Å². The van der Waals surface area contributed by atoms with Crippen LogP contribution >= 0.6 is 0 Å². The summed E-state index contributed by atoms with van der Waals surface area (Å²) < 4.78 is 0. The Morgan fingerprint density at radius 3 is 2.62 bits per heavy atom. The highest BCUT2D eigenvalue weighted by atomic mass is 16.1. The Morgan fingerprint density at radius 2 is 2.00 bits per heavy atom. The van der Waals surface area contributed by atoms with E-state index in [4.69, 9.17) is 5.73 Å². The smallest absolute Gasteiger partial charge is 0.252 e. The van der Waals surface area contributed by atoms with E-state index in [0.717, 1.165) is 12.0 Å². The average Bonchev–Trinajstić information content (AvgIpc) is 2.85. The number of carbonyl (C=O) groups is 1. The van der Waals surface area contributed by atoms with Crippen molar-refractivity contribution in [3.8, 4) is 11.3 Å². The minimum Gasteiger partial charge on any atom is -0.365 e. The average molecular weight is 285 g/mol. The predicted octanol–water partition coefficient (Wildman–Crippen LogP) is 3.72. The zero-order valence-electron chi connectivity index (χ0n) is 13.1. The van der Waals surface area contributed by atoms with E-state index in [0.29, 0.717) is 17.2 Å². The summed E-state index contributed by atoms with van der Waals surface area (Å²) in [6.07, 6.45) is 2.61. The number of hydrogen-bond donors (Lipinski definition) is 2. The molecule has 2 rings (SSSR count). The van der Waals surface area contributed by atoms with Crippen LogP contribution in [0.5, 0.6) is 0 Å². The molecule has 1 unspecified atom stereocenters. The van der Waals surface area contributed by atoms with Crippen molar-refractivity contribution in [1.29, 1.82) is 0 Å². The van der Waals surface area contributed by atoms with Crippen molar-refractivity contribution in [3.05, 3.63) is 41.6 Å². The second-order valence-corrected chi connectivity index (χ2v) is 6.76. The molecule has 0 spiro atoms. The van der Waals surface area contributed by atoms with Gasteiger partial charge in [0.25, 0.3) is 5.91 Å². The predicted molar refractivity (Wildman–Crippen MR) is 85.0 cm³/mol. The van der Waals surface area contributed by atoms with Gasteiger partial charge in [0.2, 0.25) is 0 Å². The molecule has 1 heterocycles. The lowest BCUT2D eigenvalue weighted by Gasteiger charge is -2.25. The molecule has 4 heteroatoms. The van der Waals surface area contributed by atoms with Crippen LogP contribution in [0, 0.1) is 5.41 Å². The van der Waals surface area contributed by atoms with Crippen LogP contribution in [0.15, 0.2) is 30.5 Å². The summed E-state index contributed by atoms with van der Waals surface area (Å²) in [7, 11) is 0. The molecule has 1 aromatic carbocycles. The first-order valence-electron chi connectivity index (χ1n) is 7.22. The number of nitrogens with two attached hydrogens (primary N) is 1. The molecule has 1 amide bonds. The van der Waals surface area contributed by atoms with Gasteiger partial charge in [0.05, 0.1) is 5.56 Å². The van der Waals surface area contributed by atoms with Crippen LogP contribution in [0.4, 0.5) is 0 Å². The minimum absolute atomic E-state index is 0.241. The topological polar surface area (TPSA) is 71.8 Å². The molecule has 0 fully saturated rings. The number of hydrogen-bond acceptors (Lipinski definition) is 2. The lowest BCUT2D eigenvalue weighted by Crippen LogP contribution is -2.13. The van der Waals surface area contributed by atoms with Gasteiger partial charge in [0.15, 0.2) is 0 Å². The summed E-state index contributed by atoms with van der Waals surface area (Å²) >= 11 is 0. The van der Waals surface area contributed by atoms with Crippen molar-refractivity contribution in [1.82, 2.24) is 10.2 Å². The molecule has 1 atom stereocenters. The maximum atomic E-state index is 11.5. The molecule has 1 aromatic heterocycles. The van der Waals surface area contributed by atoms with Gasteiger partial charge in [-0.25, -0.2) is 0 Å². The Morgan fingerprint density at radius 1 is 1.33 bits per heavy atom. The van der Waals surface area contributed by atoms with Gasteiger partial charge in [0.1, 0.15) is 5.69 Å². The van der Waals surface area contributed by atoms with E-state index in [1.165, 1.54) is 5.56 Å². The Hall–Kier alpha value is -2.10. The summed E-state index contributed by atoms with van der Waals surface area (Å²) in [5.74, 6) is -0.0874. The fourth-order valence-corrected chi connectivity index (χ4v) is 2.85. The van der Waals surface area contributed by atoms with Crippen molar-refractivity contribution in [2.45, 2.75) is 40.0 Å². The van der Waals surface area contributed by atoms with Gasteiger partial charge in [-0.3, -0.25) is 9.89 Å². The van der Waals surface area contributed by atoms with Crippen LogP contribution in [0.1, 0.15) is 56.0 Å². The maximum absolute atomic E-state index is 11.5. The SMILES string of the molecule is CC(CC(C)(C)C)c1ccccc1-c1n[nH]cc1C(N)=O. The van der Waals surface area contributed by atoms with Crippen LogP contribution in [0.3, 0.4) is 0 Å². The monoisotopic (exact) mass is 285 g/mol. The van der Waals surface area contributed by atoms with Crippen LogP contribution in [0.25, 0.3) is 11.3 Å². The molecule has 0 bridgehead atoms. The second-order valence-electron chi connectivity index (χ2n) is 6.76. The summed E-state index contributed by atoms with van der Waals surface area (Å²) in [6.45, 7) is 8.90. The zero-order chi connectivity index (χ0) is 15.6. The molecule has 2 aromatic rings. The fraction of sp³-hybridized carbons (Fsp3) is 0.412. The summed E-state index contributed by atoms with van der Waals surface area (Å²) in [4.78, 5) is 11.5. The van der Waals surface area contributed by atoms with Gasteiger partial charge < -0.3 is 5.73 Å². The van der Waals surface area contributed by atoms with E-state index in [1.54, 1.807) is 6.20 Å². The number of primary amides is 1. The molecule has 0 aliphatic rings. The first-order valence-corrected chi connectivity index (χ1v) is 7.22. The van der Waals surface area contributed by atoms with Gasteiger partial charge >= 0.3 is 0 Å². The van der Waals surface area contributed by atoms with E-state index in [9.17, 15) is 4.79 Å². The van der Waals surface area contributed by atoms with Crippen molar-refractivity contribution >= 4 is 5.91 Å². The van der Waals surface area contributed by atoms with Crippen LogP contribution in [-0.2, 0) is 0 Å². The molecule has 4 nitrogen and oxygen atoms in total. The molecule has 0 aliphatic carbocycles. The van der Waals surface area contributed by atoms with Crippen LogP contribution in [-0.4, -0.2) is 16.1 Å². The Bertz CT molecular complexity index is 637. The maximum Gasteiger partial charge on any atom is 0.252 e. The fourth-order valence-electron chi connectivity index (χ4n) is 2.85. The number of nitrogens with one attached hydrogen (secondary N) is 1. The zero-order valence-corrected chi connectivity index (χ0v) is 13.1. The third kappa shape index (κ3) is 3.51. The molecular formula is C17H23N3O. The standard InChI is InChI=1S/C17H23N3O/c1-11(9-17(2,3)4)12-7-5-6-8-13(12)15-14(16(18)21)10-19-20-15/h5-8,10-11H,9H2,1-4H3,(H2,18,21)(H,19,20). The number of aromatic nitrogens is 2. The van der Waals surface area contributed by atoms with Gasteiger partial charge in [-0.2, -0.15) is 5.10 Å². The van der Waals surface area contributed by atoms with E-state index >= 15 is 0 Å². The third-order valence-electron chi connectivity index (χ3n) is 3.57. The van der Waals surface area contributed by atoms with Crippen LogP contribution < -0.4 is 5.73 Å². The first kappa shape index (κ1) is 15.3. The second kappa shape index (κ2) is 5.72. The molecule has 3 N–H and O–H groups in total. The normalized spacial score (nSPS) is 13.1. The largest absolute Gasteiger partial charge is 0.365 e. The van der Waals surface area contributed by atoms with E-state index < -0.39 is 5.91 Å². The number of aromatic amines is 1. The number of carbonyl (C=O) groups excluding carboxylic acids is 1. The number of H-pyrrole nitrogens is 1. The van der Waals surface area contributed by atoms with Crippen molar-refractivity contribution < 1.29 is 4.79 Å². The van der Waals surface area contributed by atoms with E-state index in [1.807, 2.05) is 18.2 Å². The number of rotatable bonds is 4. The third-order valence-corrected chi connectivity index (χ3v) is 3.57. The molecule has 0 radical (unpaired) electrons. The summed E-state index contributed by atoms with van der Waals surface area (Å²) in [5, 5.41) is 6.96. The molecular weight excluding hydrogens is 262 g/mol. The Balaban J connectivity index is 2.46. The number of nitrogens with zero attached hydrogens (tertiary/aromatic N) is 1. The first-order chi connectivity index (χ1) is 9.79. The minimum atomic E-state index is -0.461. The number of benzene rings is 1. The lowest BCUT2D eigenvalue weighted by molar-refractivity contribution is 0.100. The highest BCUT2D eigenvalue weighted by molar-refractivity contribution is 5.98. The molecule has 0 saturated heterocycles. The van der Waals surface area contributed by atoms with E-state index in [2.05, 4.69) is 44.0 Å². The highest BCUT2D eigenvalue weighted by Crippen LogP contribution is 2.36. The highest BCUT2D eigenvalue weighted by Gasteiger charge is 2.22. The van der Waals surface area contributed by atoms with Gasteiger partial charge in [0, 0.05) is 11.8 Å². The van der Waals surface area contributed by atoms with Crippen molar-refractivity contribution in [2.75, 3.05) is 0 Å². The van der Waals surface area contributed by atoms with Gasteiger partial charge in [-0.05, 0) is 23.3 Å². The molecule has 0 aliphatic heterocycles. The Kier molecular flexibility index (Phi) is 4.16. The quantitative estimate of drug-likeness (QED) is 0.898. The van der Waals surface area contributed by atoms with Crippen molar-refractivity contribution in [3.63, 3.8) is 0 Å². The molecule has 21 heavy (non-hydrogen) atoms. The number of amides is 1. The van der Waals surface area contributed by atoms with E-state index in [-0.39, 0.29) is 5.41 Å². The van der Waals surface area contributed by atoms with Crippen molar-refractivity contribution in [2.24, 2.45) is 11.1 Å². The lowest BCUT2D eigenvalue weighted by atomic mass is 9.80. The van der Waals surface area contributed by atoms with Gasteiger partial charge in [-0.1, -0.05) is 52.0 Å². The van der Waals surface area contributed by atoms with Crippen LogP contribution in [0.2, 0.25) is 0 Å². The van der Waals surface area contributed by atoms with Gasteiger partial charge in [-0.15, -0.1) is 0 Å². The molecule has 0 saturated carbocycles.